The number of hydrogen-bond donors (Lipinski definition) is 1. The van der Waals surface area contributed by atoms with Gasteiger partial charge in [0, 0.05) is 36.7 Å². The molecule has 0 spiro atoms. The summed E-state index contributed by atoms with van der Waals surface area (Å²) in [6.45, 7) is 6.45. The molecule has 6 nitrogen and oxygen atoms in total. The number of alkyl halides is 2. The van der Waals surface area contributed by atoms with Crippen molar-refractivity contribution in [2.75, 3.05) is 6.54 Å². The Morgan fingerprint density at radius 1 is 1.29 bits per heavy atom. The quantitative estimate of drug-likeness (QED) is 0.907. The Morgan fingerprint density at radius 3 is 2.54 bits per heavy atom. The van der Waals surface area contributed by atoms with Gasteiger partial charge in [-0.1, -0.05) is 20.8 Å². The van der Waals surface area contributed by atoms with Gasteiger partial charge in [-0.15, -0.1) is 0 Å². The molecule has 1 amide bonds. The number of amides is 1. The van der Waals surface area contributed by atoms with Crippen molar-refractivity contribution >= 4 is 11.9 Å². The van der Waals surface area contributed by atoms with Crippen molar-refractivity contribution < 1.29 is 23.5 Å². The number of carbonyl (C=O) groups is 2. The number of carboxylic acids is 1. The van der Waals surface area contributed by atoms with Gasteiger partial charge in [-0.3, -0.25) is 9.59 Å². The van der Waals surface area contributed by atoms with Crippen LogP contribution >= 0.6 is 0 Å². The van der Waals surface area contributed by atoms with E-state index in [1.807, 2.05) is 20.8 Å². The number of carboxylic acid groups (broad SMARTS) is 1. The van der Waals surface area contributed by atoms with Crippen LogP contribution in [0.25, 0.3) is 0 Å². The molecule has 0 saturated heterocycles. The standard InChI is InChI=1S/C16H21F2N3O3/c1-15(2,3)14-19-8-10-9-21(5-4-11(10)20-14)12(22)6-16(17,18)7-13(23)24/h8H,4-7,9H2,1-3H3,(H,23,24). The predicted molar refractivity (Wildman–Crippen MR) is 81.7 cm³/mol. The van der Waals surface area contributed by atoms with Crippen molar-refractivity contribution in [3.63, 3.8) is 0 Å². The fourth-order valence-corrected chi connectivity index (χ4v) is 2.51. The number of fused-ring (bicyclic) bond motifs is 1. The second kappa shape index (κ2) is 6.41. The molecule has 1 aromatic rings. The van der Waals surface area contributed by atoms with E-state index in [1.54, 1.807) is 6.20 Å². The van der Waals surface area contributed by atoms with Crippen LogP contribution in [0, 0.1) is 0 Å². The summed E-state index contributed by atoms with van der Waals surface area (Å²) < 4.78 is 27.0. The molecular weight excluding hydrogens is 320 g/mol. The van der Waals surface area contributed by atoms with Crippen LogP contribution in [0.4, 0.5) is 8.78 Å². The Bertz CT molecular complexity index is 656. The molecule has 2 heterocycles. The number of aliphatic carboxylic acids is 1. The number of hydrogen-bond acceptors (Lipinski definition) is 4. The van der Waals surface area contributed by atoms with E-state index in [-0.39, 0.29) is 18.5 Å². The number of halogens is 2. The highest BCUT2D eigenvalue weighted by molar-refractivity contribution is 5.78. The maximum atomic E-state index is 13.5. The third-order valence-corrected chi connectivity index (χ3v) is 3.78. The van der Waals surface area contributed by atoms with Crippen molar-refractivity contribution in [1.82, 2.24) is 14.9 Å². The Labute approximate surface area is 138 Å². The maximum Gasteiger partial charge on any atom is 0.309 e. The first-order chi connectivity index (χ1) is 11.0. The molecule has 0 saturated carbocycles. The fourth-order valence-electron chi connectivity index (χ4n) is 2.51. The lowest BCUT2D eigenvalue weighted by atomic mass is 9.95. The van der Waals surface area contributed by atoms with Gasteiger partial charge in [0.25, 0.3) is 5.92 Å². The molecule has 1 aliphatic rings. The molecule has 2 rings (SSSR count). The molecule has 0 bridgehead atoms. The average Bonchev–Trinajstić information content (AvgIpc) is 2.43. The molecule has 1 aliphatic heterocycles. The van der Waals surface area contributed by atoms with Crippen LogP contribution in [-0.2, 0) is 28.0 Å². The summed E-state index contributed by atoms with van der Waals surface area (Å²) in [4.78, 5) is 32.6. The van der Waals surface area contributed by atoms with Crippen molar-refractivity contribution in [3.05, 3.63) is 23.3 Å². The molecule has 8 heteroatoms. The molecule has 24 heavy (non-hydrogen) atoms. The third kappa shape index (κ3) is 4.46. The van der Waals surface area contributed by atoms with Crippen LogP contribution in [0.1, 0.15) is 50.7 Å². The molecule has 132 valence electrons. The lowest BCUT2D eigenvalue weighted by molar-refractivity contribution is -0.150. The van der Waals surface area contributed by atoms with Crippen molar-refractivity contribution in [3.8, 4) is 0 Å². The van der Waals surface area contributed by atoms with Crippen LogP contribution in [0.3, 0.4) is 0 Å². The van der Waals surface area contributed by atoms with Gasteiger partial charge in [0.05, 0.1) is 12.1 Å². The molecule has 0 radical (unpaired) electrons. The highest BCUT2D eigenvalue weighted by Crippen LogP contribution is 2.27. The van der Waals surface area contributed by atoms with E-state index in [2.05, 4.69) is 9.97 Å². The summed E-state index contributed by atoms with van der Waals surface area (Å²) in [5.41, 5.74) is 1.38. The monoisotopic (exact) mass is 341 g/mol. The van der Waals surface area contributed by atoms with Crippen LogP contribution < -0.4 is 0 Å². The van der Waals surface area contributed by atoms with Gasteiger partial charge in [-0.05, 0) is 0 Å². The van der Waals surface area contributed by atoms with Gasteiger partial charge in [0.1, 0.15) is 12.2 Å². The van der Waals surface area contributed by atoms with Gasteiger partial charge in [-0.2, -0.15) is 0 Å². The summed E-state index contributed by atoms with van der Waals surface area (Å²) in [7, 11) is 0. The minimum absolute atomic E-state index is 0.168. The molecule has 0 unspecified atom stereocenters. The first-order valence-electron chi connectivity index (χ1n) is 7.70. The van der Waals surface area contributed by atoms with E-state index in [0.29, 0.717) is 12.2 Å². The van der Waals surface area contributed by atoms with Crippen molar-refractivity contribution in [2.24, 2.45) is 0 Å². The van der Waals surface area contributed by atoms with Gasteiger partial charge in [-0.25, -0.2) is 18.7 Å². The van der Waals surface area contributed by atoms with E-state index in [9.17, 15) is 18.4 Å². The van der Waals surface area contributed by atoms with Gasteiger partial charge < -0.3 is 10.0 Å². The third-order valence-electron chi connectivity index (χ3n) is 3.78. The topological polar surface area (TPSA) is 83.4 Å². The molecule has 0 atom stereocenters. The maximum absolute atomic E-state index is 13.5. The molecule has 0 aliphatic carbocycles. The number of carbonyl (C=O) groups excluding carboxylic acids is 1. The van der Waals surface area contributed by atoms with E-state index >= 15 is 0 Å². The van der Waals surface area contributed by atoms with Crippen LogP contribution in [0.5, 0.6) is 0 Å². The lowest BCUT2D eigenvalue weighted by Crippen LogP contribution is -2.40. The number of aromatic nitrogens is 2. The minimum Gasteiger partial charge on any atom is -0.481 e. The summed E-state index contributed by atoms with van der Waals surface area (Å²) in [5, 5.41) is 8.47. The highest BCUT2D eigenvalue weighted by Gasteiger charge is 2.37. The van der Waals surface area contributed by atoms with Crippen molar-refractivity contribution in [2.45, 2.75) is 57.9 Å². The van der Waals surface area contributed by atoms with Crippen molar-refractivity contribution in [1.29, 1.82) is 0 Å². The average molecular weight is 341 g/mol. The Morgan fingerprint density at radius 2 is 1.96 bits per heavy atom. The van der Waals surface area contributed by atoms with Gasteiger partial charge in [0.15, 0.2) is 0 Å². The predicted octanol–water partition coefficient (Wildman–Crippen LogP) is 2.16. The highest BCUT2D eigenvalue weighted by atomic mass is 19.3. The molecular formula is C16H21F2N3O3. The smallest absolute Gasteiger partial charge is 0.309 e. The number of nitrogens with zero attached hydrogens (tertiary/aromatic N) is 3. The fraction of sp³-hybridized carbons (Fsp3) is 0.625. The first-order valence-corrected chi connectivity index (χ1v) is 7.70. The number of rotatable bonds is 4. The Balaban J connectivity index is 2.07. The molecule has 1 N–H and O–H groups in total. The van der Waals surface area contributed by atoms with Gasteiger partial charge >= 0.3 is 5.97 Å². The summed E-state index contributed by atoms with van der Waals surface area (Å²) in [6.07, 6.45) is -0.342. The lowest BCUT2D eigenvalue weighted by Gasteiger charge is -2.30. The van der Waals surface area contributed by atoms with E-state index in [1.165, 1.54) is 4.90 Å². The zero-order valence-corrected chi connectivity index (χ0v) is 14.0. The summed E-state index contributed by atoms with van der Waals surface area (Å²) >= 11 is 0. The summed E-state index contributed by atoms with van der Waals surface area (Å²) in [6, 6.07) is 0. The Hall–Kier alpha value is -2.12. The van der Waals surface area contributed by atoms with Crippen LogP contribution in [-0.4, -0.2) is 44.3 Å². The zero-order chi connectivity index (χ0) is 18.1. The normalized spacial score (nSPS) is 15.1. The van der Waals surface area contributed by atoms with Crippen LogP contribution in [0.15, 0.2) is 6.20 Å². The molecule has 0 aromatic carbocycles. The second-order valence-corrected chi connectivity index (χ2v) is 7.08. The second-order valence-electron chi connectivity index (χ2n) is 7.08. The van der Waals surface area contributed by atoms with Crippen LogP contribution in [0.2, 0.25) is 0 Å². The van der Waals surface area contributed by atoms with Gasteiger partial charge in [0.2, 0.25) is 5.91 Å². The largest absolute Gasteiger partial charge is 0.481 e. The molecule has 1 aromatic heterocycles. The minimum atomic E-state index is -3.55. The zero-order valence-electron chi connectivity index (χ0n) is 14.0. The SMILES string of the molecule is CC(C)(C)c1ncc2c(n1)CCN(C(=O)CC(F)(F)CC(=O)O)C2. The summed E-state index contributed by atoms with van der Waals surface area (Å²) in [5.74, 6) is -5.23. The molecule has 0 fully saturated rings. The van der Waals surface area contributed by atoms with E-state index < -0.39 is 30.6 Å². The van der Waals surface area contributed by atoms with E-state index in [0.717, 1.165) is 11.3 Å². The first kappa shape index (κ1) is 18.2. The van der Waals surface area contributed by atoms with E-state index in [4.69, 9.17) is 5.11 Å². The Kier molecular flexibility index (Phi) is 4.87.